The smallest absolute Gasteiger partial charge is 0.306 e. The van der Waals surface area contributed by atoms with Crippen LogP contribution in [0.2, 0.25) is 0 Å². The van der Waals surface area contributed by atoms with E-state index in [1.807, 2.05) is 6.92 Å². The van der Waals surface area contributed by atoms with E-state index < -0.39 is 0 Å². The maximum absolute atomic E-state index is 11.8. The third-order valence-electron chi connectivity index (χ3n) is 10.8. The van der Waals surface area contributed by atoms with Crippen LogP contribution in [-0.4, -0.2) is 12.1 Å². The summed E-state index contributed by atoms with van der Waals surface area (Å²) >= 11 is 0. The molecule has 0 aliphatic heterocycles. The molecule has 0 bridgehead atoms. The summed E-state index contributed by atoms with van der Waals surface area (Å²) in [6.45, 7) is 14.5. The number of ether oxygens (including phenoxy) is 1. The normalized spacial score (nSPS) is 42.0. The maximum Gasteiger partial charge on any atom is 0.306 e. The second-order valence-electron chi connectivity index (χ2n) is 13.0. The van der Waals surface area contributed by atoms with Gasteiger partial charge >= 0.3 is 5.97 Å². The largest absolute Gasteiger partial charge is 0.458 e. The van der Waals surface area contributed by atoms with Crippen molar-refractivity contribution in [3.05, 3.63) is 11.6 Å². The minimum Gasteiger partial charge on any atom is -0.458 e. The van der Waals surface area contributed by atoms with Crippen molar-refractivity contribution in [2.24, 2.45) is 46.3 Å². The Hall–Kier alpha value is -0.790. The molecule has 32 heavy (non-hydrogen) atoms. The molecule has 8 atom stereocenters. The Morgan fingerprint density at radius 2 is 1.81 bits per heavy atom. The molecule has 3 fully saturated rings. The van der Waals surface area contributed by atoms with Crippen LogP contribution in [0.4, 0.5) is 0 Å². The molecule has 0 aromatic rings. The number of hydrogen-bond donors (Lipinski definition) is 0. The van der Waals surface area contributed by atoms with Crippen LogP contribution >= 0.6 is 0 Å². The monoisotopic (exact) mass is 442 g/mol. The molecular formula is C30H50O2. The molecule has 0 heterocycles. The van der Waals surface area contributed by atoms with Gasteiger partial charge in [-0.05, 0) is 104 Å². The number of fused-ring (bicyclic) bond motifs is 5. The van der Waals surface area contributed by atoms with Crippen molar-refractivity contribution < 1.29 is 9.53 Å². The van der Waals surface area contributed by atoms with Gasteiger partial charge in [0.05, 0.1) is 0 Å². The van der Waals surface area contributed by atoms with Gasteiger partial charge in [0.1, 0.15) is 6.10 Å². The summed E-state index contributed by atoms with van der Waals surface area (Å²) in [4.78, 5) is 11.8. The van der Waals surface area contributed by atoms with Gasteiger partial charge in [0.25, 0.3) is 0 Å². The summed E-state index contributed by atoms with van der Waals surface area (Å²) in [5.74, 6) is 5.32. The molecule has 0 saturated heterocycles. The van der Waals surface area contributed by atoms with E-state index in [2.05, 4.69) is 40.7 Å². The average molecular weight is 443 g/mol. The molecule has 0 radical (unpaired) electrons. The molecule has 4 aliphatic carbocycles. The lowest BCUT2D eigenvalue weighted by Gasteiger charge is -2.59. The molecule has 2 nitrogen and oxygen atoms in total. The number of hydrogen-bond acceptors (Lipinski definition) is 2. The summed E-state index contributed by atoms with van der Waals surface area (Å²) in [6.07, 6.45) is 17.8. The highest BCUT2D eigenvalue weighted by Crippen LogP contribution is 2.67. The van der Waals surface area contributed by atoms with Gasteiger partial charge in [0.2, 0.25) is 0 Å². The van der Waals surface area contributed by atoms with Gasteiger partial charge in [-0.15, -0.1) is 0 Å². The lowest BCUT2D eigenvalue weighted by Crippen LogP contribution is -2.51. The number of allylic oxidation sites excluding steroid dienone is 1. The zero-order valence-electron chi connectivity index (χ0n) is 21.9. The molecule has 0 spiro atoms. The first-order chi connectivity index (χ1) is 15.2. The summed E-state index contributed by atoms with van der Waals surface area (Å²) in [5.41, 5.74) is 2.54. The molecular weight excluding hydrogens is 392 g/mol. The summed E-state index contributed by atoms with van der Waals surface area (Å²) in [5, 5.41) is 0. The molecule has 4 aliphatic rings. The highest BCUT2D eigenvalue weighted by Gasteiger charge is 2.59. The molecule has 0 amide bonds. The zero-order valence-corrected chi connectivity index (χ0v) is 21.9. The molecule has 3 unspecified atom stereocenters. The molecule has 182 valence electrons. The van der Waals surface area contributed by atoms with E-state index in [9.17, 15) is 4.79 Å². The Labute approximate surface area is 198 Å². The number of rotatable bonds is 7. The first kappa shape index (κ1) is 24.3. The van der Waals surface area contributed by atoms with Crippen LogP contribution in [0.3, 0.4) is 0 Å². The lowest BCUT2D eigenvalue weighted by molar-refractivity contribution is -0.148. The van der Waals surface area contributed by atoms with Crippen LogP contribution in [0, 0.1) is 46.3 Å². The van der Waals surface area contributed by atoms with Crippen molar-refractivity contribution in [1.29, 1.82) is 0 Å². The summed E-state index contributed by atoms with van der Waals surface area (Å²) in [7, 11) is 0. The third-order valence-corrected chi connectivity index (χ3v) is 10.8. The average Bonchev–Trinajstić information content (AvgIpc) is 3.11. The van der Waals surface area contributed by atoms with E-state index in [1.165, 1.54) is 64.2 Å². The lowest BCUT2D eigenvalue weighted by atomic mass is 9.46. The second-order valence-corrected chi connectivity index (χ2v) is 13.0. The minimum absolute atomic E-state index is 0.0264. The van der Waals surface area contributed by atoms with Crippen molar-refractivity contribution in [3.63, 3.8) is 0 Å². The minimum atomic E-state index is -0.0444. The number of carbonyl (C=O) groups excluding carboxylic acids is 1. The van der Waals surface area contributed by atoms with Crippen molar-refractivity contribution in [2.45, 2.75) is 125 Å². The third kappa shape index (κ3) is 4.34. The van der Waals surface area contributed by atoms with Crippen molar-refractivity contribution in [2.75, 3.05) is 0 Å². The van der Waals surface area contributed by atoms with Gasteiger partial charge in [-0.3, -0.25) is 4.79 Å². The number of carbonyl (C=O) groups is 1. The first-order valence-corrected chi connectivity index (χ1v) is 14.1. The van der Waals surface area contributed by atoms with Crippen LogP contribution in [0.5, 0.6) is 0 Å². The van der Waals surface area contributed by atoms with Gasteiger partial charge in [-0.2, -0.15) is 0 Å². The van der Waals surface area contributed by atoms with Gasteiger partial charge in [-0.25, -0.2) is 0 Å². The fourth-order valence-corrected chi connectivity index (χ4v) is 9.07. The van der Waals surface area contributed by atoms with Gasteiger partial charge in [0, 0.05) is 6.42 Å². The molecule has 3 saturated carbocycles. The van der Waals surface area contributed by atoms with Gasteiger partial charge < -0.3 is 4.74 Å². The standard InChI is InChI=1S/C30H50O2/c1-7-28(31)32-23-15-17-29(5)22(19-23)11-12-24-26-14-13-25(21(4)10-8-9-20(2)3)30(26,6)18-16-27(24)29/h19-21,23-27H,7-18H2,1-6H3/t21-,23-,24?,25+,26?,27?,29-,30+/m0/s1. The van der Waals surface area contributed by atoms with Crippen molar-refractivity contribution >= 4 is 5.97 Å². The van der Waals surface area contributed by atoms with Crippen LogP contribution in [0.15, 0.2) is 11.6 Å². The first-order valence-electron chi connectivity index (χ1n) is 14.1. The van der Waals surface area contributed by atoms with Crippen molar-refractivity contribution in [1.82, 2.24) is 0 Å². The van der Waals surface area contributed by atoms with E-state index in [1.54, 1.807) is 5.57 Å². The van der Waals surface area contributed by atoms with E-state index in [4.69, 9.17) is 4.74 Å². The maximum atomic E-state index is 11.8. The SMILES string of the molecule is CCC(=O)O[C@@H]1C=C2CCC3C(CC[C@@]4(C)C3CC[C@@H]4[C@@H](C)CCCC(C)C)[C@@]2(C)CC1. The highest BCUT2D eigenvalue weighted by molar-refractivity contribution is 5.69. The molecule has 0 N–H and O–H groups in total. The van der Waals surface area contributed by atoms with E-state index in [0.717, 1.165) is 41.9 Å². The van der Waals surface area contributed by atoms with Gasteiger partial charge in [-0.1, -0.05) is 66.4 Å². The quantitative estimate of drug-likeness (QED) is 0.292. The summed E-state index contributed by atoms with van der Waals surface area (Å²) in [6, 6.07) is 0. The Bertz CT molecular complexity index is 708. The number of esters is 1. The Morgan fingerprint density at radius 1 is 1.03 bits per heavy atom. The predicted molar refractivity (Wildman–Crippen MR) is 133 cm³/mol. The molecule has 0 aromatic heterocycles. The van der Waals surface area contributed by atoms with E-state index >= 15 is 0 Å². The Balaban J connectivity index is 1.46. The fraction of sp³-hybridized carbons (Fsp3) is 0.900. The zero-order chi connectivity index (χ0) is 23.1. The Kier molecular flexibility index (Phi) is 7.19. The van der Waals surface area contributed by atoms with Crippen LogP contribution < -0.4 is 0 Å². The van der Waals surface area contributed by atoms with Crippen LogP contribution in [0.1, 0.15) is 119 Å². The molecule has 4 rings (SSSR count). The molecule has 0 aromatic carbocycles. The topological polar surface area (TPSA) is 26.3 Å². The van der Waals surface area contributed by atoms with Crippen molar-refractivity contribution in [3.8, 4) is 0 Å². The predicted octanol–water partition coefficient (Wildman–Crippen LogP) is 8.35. The van der Waals surface area contributed by atoms with E-state index in [0.29, 0.717) is 17.3 Å². The van der Waals surface area contributed by atoms with Crippen LogP contribution in [-0.2, 0) is 9.53 Å². The van der Waals surface area contributed by atoms with Crippen LogP contribution in [0.25, 0.3) is 0 Å². The van der Waals surface area contributed by atoms with E-state index in [-0.39, 0.29) is 12.1 Å². The second kappa shape index (κ2) is 9.46. The Morgan fingerprint density at radius 3 is 2.53 bits per heavy atom. The molecule has 2 heteroatoms. The summed E-state index contributed by atoms with van der Waals surface area (Å²) < 4.78 is 5.73. The van der Waals surface area contributed by atoms with Gasteiger partial charge in [0.15, 0.2) is 0 Å². The fourth-order valence-electron chi connectivity index (χ4n) is 9.07. The highest BCUT2D eigenvalue weighted by atomic mass is 16.5.